The van der Waals surface area contributed by atoms with Crippen LogP contribution < -0.4 is 4.74 Å². The smallest absolute Gasteiger partial charge is 0.337 e. The maximum absolute atomic E-state index is 14.2. The van der Waals surface area contributed by atoms with E-state index in [4.69, 9.17) is 9.47 Å². The summed E-state index contributed by atoms with van der Waals surface area (Å²) < 4.78 is 39.5. The molecule has 1 aromatic heterocycles. The average Bonchev–Trinajstić information content (AvgIpc) is 3.66. The second-order valence-corrected chi connectivity index (χ2v) is 13.6. The van der Waals surface area contributed by atoms with E-state index in [1.54, 1.807) is 70.5 Å². The zero-order chi connectivity index (χ0) is 32.2. The van der Waals surface area contributed by atoms with Gasteiger partial charge in [0.15, 0.2) is 0 Å². The van der Waals surface area contributed by atoms with E-state index < -0.39 is 28.1 Å². The summed E-state index contributed by atoms with van der Waals surface area (Å²) in [5.74, 6) is -0.414. The van der Waals surface area contributed by atoms with Crippen molar-refractivity contribution in [1.82, 2.24) is 13.8 Å². The summed E-state index contributed by atoms with van der Waals surface area (Å²) in [5.41, 5.74) is 3.57. The molecule has 2 saturated heterocycles. The number of piperazine rings is 1. The van der Waals surface area contributed by atoms with Gasteiger partial charge in [-0.3, -0.25) is 9.59 Å². The third-order valence-corrected chi connectivity index (χ3v) is 10.7. The molecule has 2 aliphatic heterocycles. The Morgan fingerprint density at radius 2 is 1.62 bits per heavy atom. The van der Waals surface area contributed by atoms with Crippen molar-refractivity contribution in [3.8, 4) is 5.75 Å². The Bertz CT molecular complexity index is 1930. The Balaban J connectivity index is 1.48. The standard InChI is InChI=1S/C34H35N3O7S/c1-20-6-13-25(14-7-20)45(41,42)36-17-16-26-27(29(43-4)18-21(2)30(26)36)19-35-31(23-9-11-24(12-10-23)34(40)44-5)33(39)37-22(3)8-15-28(37)32(35)38/h6-7,9-14,16-18,22,28,31H,8,15,19H2,1-5H3/t22-,28+,31?/m1/s1. The molecular formula is C34H35N3O7S. The number of hydrogen-bond donors (Lipinski definition) is 0. The number of aromatic nitrogens is 1. The molecule has 1 unspecified atom stereocenters. The van der Waals surface area contributed by atoms with Gasteiger partial charge in [0.25, 0.3) is 15.9 Å². The molecule has 2 amide bonds. The van der Waals surface area contributed by atoms with Crippen LogP contribution in [0.25, 0.3) is 10.9 Å². The van der Waals surface area contributed by atoms with E-state index in [9.17, 15) is 22.8 Å². The van der Waals surface area contributed by atoms with Crippen molar-refractivity contribution in [2.75, 3.05) is 14.2 Å². The van der Waals surface area contributed by atoms with Crippen molar-refractivity contribution in [2.45, 2.75) is 63.2 Å². The van der Waals surface area contributed by atoms with Gasteiger partial charge in [-0.2, -0.15) is 0 Å². The predicted octanol–water partition coefficient (Wildman–Crippen LogP) is 4.75. The number of fused-ring (bicyclic) bond motifs is 2. The summed E-state index contributed by atoms with van der Waals surface area (Å²) in [6.07, 6.45) is 2.78. The minimum Gasteiger partial charge on any atom is -0.496 e. The molecule has 45 heavy (non-hydrogen) atoms. The number of ether oxygens (including phenoxy) is 2. The van der Waals surface area contributed by atoms with E-state index in [1.807, 2.05) is 20.8 Å². The van der Waals surface area contributed by atoms with E-state index in [1.165, 1.54) is 24.4 Å². The van der Waals surface area contributed by atoms with Crippen LogP contribution in [0.3, 0.4) is 0 Å². The molecule has 3 atom stereocenters. The topological polar surface area (TPSA) is 115 Å². The van der Waals surface area contributed by atoms with Gasteiger partial charge in [0, 0.05) is 23.2 Å². The molecule has 0 N–H and O–H groups in total. The fraction of sp³-hybridized carbons (Fsp3) is 0.324. The Morgan fingerprint density at radius 1 is 0.933 bits per heavy atom. The van der Waals surface area contributed by atoms with Crippen molar-refractivity contribution in [3.63, 3.8) is 0 Å². The zero-order valence-electron chi connectivity index (χ0n) is 25.8. The number of hydrogen-bond acceptors (Lipinski definition) is 7. The predicted molar refractivity (Wildman–Crippen MR) is 167 cm³/mol. The zero-order valence-corrected chi connectivity index (χ0v) is 26.6. The summed E-state index contributed by atoms with van der Waals surface area (Å²) in [5, 5.41) is 0.602. The van der Waals surface area contributed by atoms with Crippen LogP contribution in [0, 0.1) is 13.8 Å². The lowest BCUT2D eigenvalue weighted by Gasteiger charge is -2.44. The first-order valence-corrected chi connectivity index (χ1v) is 16.2. The van der Waals surface area contributed by atoms with E-state index in [0.29, 0.717) is 51.7 Å². The number of nitrogens with zero attached hydrogens (tertiary/aromatic N) is 3. The highest BCUT2D eigenvalue weighted by molar-refractivity contribution is 7.90. The maximum Gasteiger partial charge on any atom is 0.337 e. The van der Waals surface area contributed by atoms with Gasteiger partial charge in [-0.15, -0.1) is 0 Å². The van der Waals surface area contributed by atoms with Gasteiger partial charge in [-0.25, -0.2) is 17.2 Å². The van der Waals surface area contributed by atoms with Crippen LogP contribution in [-0.4, -0.2) is 66.3 Å². The number of rotatable bonds is 7. The molecule has 0 bridgehead atoms. The van der Waals surface area contributed by atoms with Crippen molar-refractivity contribution < 1.29 is 32.3 Å². The number of carbonyl (C=O) groups is 3. The summed E-state index contributed by atoms with van der Waals surface area (Å²) in [7, 11) is -1.12. The molecule has 2 aliphatic rings. The largest absolute Gasteiger partial charge is 0.496 e. The third kappa shape index (κ3) is 4.95. The Labute approximate surface area is 262 Å². The number of methoxy groups -OCH3 is 2. The van der Waals surface area contributed by atoms with Crippen molar-refractivity contribution >= 4 is 38.7 Å². The van der Waals surface area contributed by atoms with Crippen LogP contribution in [0.5, 0.6) is 5.75 Å². The minimum atomic E-state index is -3.94. The normalized spacial score (nSPS) is 20.1. The first-order chi connectivity index (χ1) is 21.5. The first kappa shape index (κ1) is 30.4. The lowest BCUT2D eigenvalue weighted by molar-refractivity contribution is -0.162. The summed E-state index contributed by atoms with van der Waals surface area (Å²) >= 11 is 0. The first-order valence-electron chi connectivity index (χ1n) is 14.8. The van der Waals surface area contributed by atoms with Crippen LogP contribution in [0.15, 0.2) is 71.8 Å². The van der Waals surface area contributed by atoms with E-state index in [-0.39, 0.29) is 29.3 Å². The molecule has 6 rings (SSSR count). The molecular weight excluding hydrogens is 594 g/mol. The highest BCUT2D eigenvalue weighted by Gasteiger charge is 2.51. The fourth-order valence-electron chi connectivity index (χ4n) is 6.67. The quantitative estimate of drug-likeness (QED) is 0.271. The highest BCUT2D eigenvalue weighted by Crippen LogP contribution is 2.41. The average molecular weight is 630 g/mol. The lowest BCUT2D eigenvalue weighted by Crippen LogP contribution is -2.59. The van der Waals surface area contributed by atoms with Crippen molar-refractivity contribution in [2.24, 2.45) is 0 Å². The molecule has 4 aromatic rings. The molecule has 10 nitrogen and oxygen atoms in total. The fourth-order valence-corrected chi connectivity index (χ4v) is 8.08. The molecule has 0 aliphatic carbocycles. The number of carbonyl (C=O) groups excluding carboxylic acids is 3. The summed E-state index contributed by atoms with van der Waals surface area (Å²) in [6.45, 7) is 5.65. The molecule has 2 fully saturated rings. The second kappa shape index (κ2) is 11.4. The Morgan fingerprint density at radius 3 is 2.27 bits per heavy atom. The van der Waals surface area contributed by atoms with Gasteiger partial charge in [0.05, 0.1) is 36.7 Å². The maximum atomic E-state index is 14.2. The molecule has 0 spiro atoms. The Kier molecular flexibility index (Phi) is 7.68. The summed E-state index contributed by atoms with van der Waals surface area (Å²) in [6, 6.07) is 15.0. The molecule has 3 aromatic carbocycles. The van der Waals surface area contributed by atoms with Gasteiger partial charge in [0.1, 0.15) is 17.8 Å². The van der Waals surface area contributed by atoms with Crippen LogP contribution in [-0.2, 0) is 30.9 Å². The SMILES string of the molecule is COC(=O)c1ccc(C2C(=O)N3[C@H](C)CC[C@H]3C(=O)N2Cc2c(OC)cc(C)c3c2ccn3S(=O)(=O)c2ccc(C)cc2)cc1. The number of aryl methyl sites for hydroxylation is 2. The van der Waals surface area contributed by atoms with E-state index in [2.05, 4.69) is 0 Å². The van der Waals surface area contributed by atoms with Crippen LogP contribution >= 0.6 is 0 Å². The van der Waals surface area contributed by atoms with Crippen molar-refractivity contribution in [1.29, 1.82) is 0 Å². The molecule has 0 radical (unpaired) electrons. The molecule has 234 valence electrons. The van der Waals surface area contributed by atoms with Gasteiger partial charge in [-0.1, -0.05) is 29.8 Å². The molecule has 3 heterocycles. The van der Waals surface area contributed by atoms with E-state index >= 15 is 0 Å². The molecule has 11 heteroatoms. The van der Waals surface area contributed by atoms with Crippen LogP contribution in [0.2, 0.25) is 0 Å². The van der Waals surface area contributed by atoms with Gasteiger partial charge in [-0.05, 0) is 81.1 Å². The summed E-state index contributed by atoms with van der Waals surface area (Å²) in [4.78, 5) is 43.9. The minimum absolute atomic E-state index is 0.00125. The lowest BCUT2D eigenvalue weighted by atomic mass is 9.95. The van der Waals surface area contributed by atoms with Crippen LogP contribution in [0.4, 0.5) is 0 Å². The number of amides is 2. The second-order valence-electron chi connectivity index (χ2n) is 11.7. The van der Waals surface area contributed by atoms with Gasteiger partial charge >= 0.3 is 5.97 Å². The van der Waals surface area contributed by atoms with E-state index in [0.717, 1.165) is 5.56 Å². The number of benzene rings is 3. The third-order valence-electron chi connectivity index (χ3n) is 9.01. The van der Waals surface area contributed by atoms with Gasteiger partial charge < -0.3 is 19.3 Å². The van der Waals surface area contributed by atoms with Crippen LogP contribution in [0.1, 0.15) is 58.4 Å². The molecule has 0 saturated carbocycles. The monoisotopic (exact) mass is 629 g/mol. The Hall–Kier alpha value is -4.64. The highest BCUT2D eigenvalue weighted by atomic mass is 32.2. The van der Waals surface area contributed by atoms with Gasteiger partial charge in [0.2, 0.25) is 5.91 Å². The van der Waals surface area contributed by atoms with Crippen molar-refractivity contribution in [3.05, 3.63) is 94.7 Å². The number of esters is 1.